The molecule has 0 aliphatic carbocycles. The van der Waals surface area contributed by atoms with Crippen molar-refractivity contribution in [3.05, 3.63) is 69.7 Å². The van der Waals surface area contributed by atoms with Gasteiger partial charge in [-0.1, -0.05) is 53.0 Å². The van der Waals surface area contributed by atoms with Gasteiger partial charge in [0.25, 0.3) is 5.91 Å². The fourth-order valence-electron chi connectivity index (χ4n) is 3.19. The molecule has 3 aromatic carbocycles. The molecule has 1 aromatic heterocycles. The zero-order valence-electron chi connectivity index (χ0n) is 16.9. The lowest BCUT2D eigenvalue weighted by Gasteiger charge is -2.15. The van der Waals surface area contributed by atoms with Gasteiger partial charge >= 0.3 is 0 Å². The van der Waals surface area contributed by atoms with E-state index in [4.69, 9.17) is 49.3 Å². The first-order chi connectivity index (χ1) is 15.5. The summed E-state index contributed by atoms with van der Waals surface area (Å²) in [5.74, 6) is 0.580. The molecule has 0 saturated heterocycles. The third-order valence-electron chi connectivity index (χ3n) is 4.62. The molecule has 0 aliphatic heterocycles. The first kappa shape index (κ1) is 22.3. The molecule has 1 amide bonds. The number of ether oxygens (including phenoxy) is 2. The lowest BCUT2D eigenvalue weighted by molar-refractivity contribution is -0.122. The van der Waals surface area contributed by atoms with Gasteiger partial charge in [-0.2, -0.15) is 0 Å². The molecule has 0 unspecified atom stereocenters. The summed E-state index contributed by atoms with van der Waals surface area (Å²) in [5, 5.41) is 2.54. The molecule has 32 heavy (non-hydrogen) atoms. The SMILES string of the molecule is CCOc1ccc2c(NNC(=O)COc3cc(Cl)c(Cl)cc3Cl)c3ccccc3nc2c1. The third kappa shape index (κ3) is 4.78. The number of anilines is 1. The van der Waals surface area contributed by atoms with E-state index in [1.165, 1.54) is 12.1 Å². The van der Waals surface area contributed by atoms with Gasteiger partial charge in [0.1, 0.15) is 11.5 Å². The van der Waals surface area contributed by atoms with Gasteiger partial charge in [-0.05, 0) is 31.2 Å². The number of hydrogen-bond acceptors (Lipinski definition) is 5. The van der Waals surface area contributed by atoms with Crippen molar-refractivity contribution < 1.29 is 14.3 Å². The van der Waals surface area contributed by atoms with Gasteiger partial charge in [0.05, 0.1) is 38.4 Å². The monoisotopic (exact) mass is 489 g/mol. The molecule has 4 rings (SSSR count). The number of hydrogen-bond donors (Lipinski definition) is 2. The number of benzene rings is 3. The number of halogens is 3. The van der Waals surface area contributed by atoms with E-state index in [-0.39, 0.29) is 22.4 Å². The molecular weight excluding hydrogens is 473 g/mol. The molecule has 0 fully saturated rings. The van der Waals surface area contributed by atoms with Crippen LogP contribution in [0.15, 0.2) is 54.6 Å². The van der Waals surface area contributed by atoms with Crippen LogP contribution in [0.3, 0.4) is 0 Å². The molecule has 164 valence electrons. The highest BCUT2D eigenvalue weighted by atomic mass is 35.5. The summed E-state index contributed by atoms with van der Waals surface area (Å²) < 4.78 is 11.1. The van der Waals surface area contributed by atoms with E-state index in [9.17, 15) is 4.79 Å². The Balaban J connectivity index is 1.55. The summed E-state index contributed by atoms with van der Waals surface area (Å²) in [5.41, 5.74) is 7.92. The van der Waals surface area contributed by atoms with Crippen LogP contribution in [0.25, 0.3) is 21.8 Å². The Morgan fingerprint density at radius 3 is 2.47 bits per heavy atom. The van der Waals surface area contributed by atoms with Crippen molar-refractivity contribution in [1.29, 1.82) is 0 Å². The number of rotatable bonds is 7. The van der Waals surface area contributed by atoms with Crippen LogP contribution in [0.1, 0.15) is 6.92 Å². The van der Waals surface area contributed by atoms with Crippen molar-refractivity contribution in [2.75, 3.05) is 18.6 Å². The summed E-state index contributed by atoms with van der Waals surface area (Å²) >= 11 is 18.0. The molecule has 4 aromatic rings. The molecule has 6 nitrogen and oxygen atoms in total. The lowest BCUT2D eigenvalue weighted by Crippen LogP contribution is -2.33. The average molecular weight is 491 g/mol. The van der Waals surface area contributed by atoms with Crippen molar-refractivity contribution in [3.63, 3.8) is 0 Å². The van der Waals surface area contributed by atoms with E-state index in [0.29, 0.717) is 11.6 Å². The molecule has 0 saturated carbocycles. The molecule has 1 heterocycles. The van der Waals surface area contributed by atoms with Crippen LogP contribution in [0.4, 0.5) is 5.69 Å². The number of hydrazine groups is 1. The minimum absolute atomic E-state index is 0.261. The summed E-state index contributed by atoms with van der Waals surface area (Å²) in [4.78, 5) is 17.1. The van der Waals surface area contributed by atoms with E-state index < -0.39 is 5.91 Å². The maximum atomic E-state index is 12.4. The van der Waals surface area contributed by atoms with Gasteiger partial charge in [0.15, 0.2) is 6.61 Å². The topological polar surface area (TPSA) is 72.5 Å². The van der Waals surface area contributed by atoms with Crippen LogP contribution < -0.4 is 20.3 Å². The zero-order chi connectivity index (χ0) is 22.7. The number of fused-ring (bicyclic) bond motifs is 2. The maximum absolute atomic E-state index is 12.4. The van der Waals surface area contributed by atoms with E-state index in [1.54, 1.807) is 0 Å². The van der Waals surface area contributed by atoms with Crippen LogP contribution >= 0.6 is 34.8 Å². The van der Waals surface area contributed by atoms with Crippen molar-refractivity contribution in [2.24, 2.45) is 0 Å². The zero-order valence-corrected chi connectivity index (χ0v) is 19.2. The van der Waals surface area contributed by atoms with Crippen LogP contribution in [0, 0.1) is 0 Å². The van der Waals surface area contributed by atoms with E-state index in [1.807, 2.05) is 49.4 Å². The molecule has 9 heteroatoms. The van der Waals surface area contributed by atoms with Gasteiger partial charge in [-0.25, -0.2) is 4.98 Å². The largest absolute Gasteiger partial charge is 0.494 e. The van der Waals surface area contributed by atoms with Gasteiger partial charge in [0.2, 0.25) is 0 Å². The fourth-order valence-corrected chi connectivity index (χ4v) is 3.78. The first-order valence-corrected chi connectivity index (χ1v) is 10.9. The highest BCUT2D eigenvalue weighted by Gasteiger charge is 2.13. The van der Waals surface area contributed by atoms with Crippen LogP contribution in [0.5, 0.6) is 11.5 Å². The number of carbonyl (C=O) groups excluding carboxylic acids is 1. The molecule has 0 spiro atoms. The standard InChI is InChI=1S/C23H18Cl3N3O3/c1-2-31-13-7-8-15-20(9-13)27-19-6-4-3-5-14(19)23(15)29-28-22(30)12-32-21-11-17(25)16(24)10-18(21)26/h3-11H,2,12H2,1H3,(H,27,29)(H,28,30). The smallest absolute Gasteiger partial charge is 0.276 e. The second kappa shape index (κ2) is 9.69. The van der Waals surface area contributed by atoms with Gasteiger partial charge in [-0.3, -0.25) is 15.6 Å². The minimum atomic E-state index is -0.410. The highest BCUT2D eigenvalue weighted by Crippen LogP contribution is 2.34. The molecule has 0 aliphatic rings. The van der Waals surface area contributed by atoms with Crippen molar-refractivity contribution in [1.82, 2.24) is 10.4 Å². The summed E-state index contributed by atoms with van der Waals surface area (Å²) in [6.45, 7) is 2.21. The number of aromatic nitrogens is 1. The normalized spacial score (nSPS) is 10.9. The van der Waals surface area contributed by atoms with Crippen LogP contribution in [0.2, 0.25) is 15.1 Å². The Morgan fingerprint density at radius 2 is 1.66 bits per heavy atom. The molecule has 2 N–H and O–H groups in total. The second-order valence-corrected chi connectivity index (χ2v) is 8.00. The van der Waals surface area contributed by atoms with Crippen LogP contribution in [-0.2, 0) is 4.79 Å². The number of nitrogens with one attached hydrogen (secondary N) is 2. The molecule has 0 radical (unpaired) electrons. The van der Waals surface area contributed by atoms with Gasteiger partial charge in [-0.15, -0.1) is 0 Å². The maximum Gasteiger partial charge on any atom is 0.276 e. The predicted molar refractivity (Wildman–Crippen MR) is 129 cm³/mol. The summed E-state index contributed by atoms with van der Waals surface area (Å²) in [6, 6.07) is 16.2. The Hall–Kier alpha value is -2.93. The predicted octanol–water partition coefficient (Wildman–Crippen LogP) is 6.27. The van der Waals surface area contributed by atoms with Gasteiger partial charge in [0, 0.05) is 22.9 Å². The Labute approximate surface area is 199 Å². The Morgan fingerprint density at radius 1 is 0.906 bits per heavy atom. The van der Waals surface area contributed by atoms with E-state index >= 15 is 0 Å². The van der Waals surface area contributed by atoms with Crippen molar-refractivity contribution in [2.45, 2.75) is 6.92 Å². The molecule has 0 bridgehead atoms. The van der Waals surface area contributed by atoms with Crippen molar-refractivity contribution in [3.8, 4) is 11.5 Å². The minimum Gasteiger partial charge on any atom is -0.494 e. The molecule has 0 atom stereocenters. The quantitative estimate of drug-likeness (QED) is 0.181. The summed E-state index contributed by atoms with van der Waals surface area (Å²) in [6.07, 6.45) is 0. The average Bonchev–Trinajstić information content (AvgIpc) is 2.78. The number of nitrogens with zero attached hydrogens (tertiary/aromatic N) is 1. The lowest BCUT2D eigenvalue weighted by atomic mass is 10.1. The number of pyridine rings is 1. The molecular formula is C23H18Cl3N3O3. The van der Waals surface area contributed by atoms with Crippen molar-refractivity contribution >= 4 is 68.2 Å². The Kier molecular flexibility index (Phi) is 6.74. The first-order valence-electron chi connectivity index (χ1n) is 9.73. The third-order valence-corrected chi connectivity index (χ3v) is 5.64. The highest BCUT2D eigenvalue weighted by molar-refractivity contribution is 6.43. The number of carbonyl (C=O) groups is 1. The number of amides is 1. The number of para-hydroxylation sites is 1. The fraction of sp³-hybridized carbons (Fsp3) is 0.130. The Bertz CT molecular complexity index is 1310. The van der Waals surface area contributed by atoms with Gasteiger partial charge < -0.3 is 9.47 Å². The second-order valence-electron chi connectivity index (χ2n) is 6.77. The summed E-state index contributed by atoms with van der Waals surface area (Å²) in [7, 11) is 0. The van der Waals surface area contributed by atoms with E-state index in [0.717, 1.165) is 33.2 Å². The van der Waals surface area contributed by atoms with Crippen LogP contribution in [-0.4, -0.2) is 24.1 Å². The van der Waals surface area contributed by atoms with E-state index in [2.05, 4.69) is 10.9 Å².